The van der Waals surface area contributed by atoms with Crippen molar-refractivity contribution in [3.8, 4) is 0 Å². The zero-order valence-corrected chi connectivity index (χ0v) is 78.5. The van der Waals surface area contributed by atoms with Crippen molar-refractivity contribution in [2.45, 2.75) is 156 Å². The van der Waals surface area contributed by atoms with Gasteiger partial charge >= 0.3 is 275 Å². The van der Waals surface area contributed by atoms with Crippen LogP contribution in [0.2, 0.25) is 3.93 Å². The van der Waals surface area contributed by atoms with Gasteiger partial charge in [0.2, 0.25) is 0 Å². The normalized spacial score (nSPS) is 20.3. The van der Waals surface area contributed by atoms with E-state index < -0.39 is 96.8 Å². The van der Waals surface area contributed by atoms with Crippen molar-refractivity contribution in [2.75, 3.05) is 19.8 Å². The summed E-state index contributed by atoms with van der Waals surface area (Å²) >= 11 is 7.95. The number of aliphatic hydroxyl groups excluding tert-OH is 5. The number of aliphatic hydroxyl groups is 5. The number of benzene rings is 9. The van der Waals surface area contributed by atoms with E-state index in [4.69, 9.17) is 60.4 Å². The van der Waals surface area contributed by atoms with Gasteiger partial charge in [-0.25, -0.2) is 0 Å². The topological polar surface area (TPSA) is 203 Å². The number of hydrogen-bond acceptors (Lipinski definition) is 16. The molecule has 2 fully saturated rings. The zero-order valence-electron chi connectivity index (χ0n) is 59.2. The van der Waals surface area contributed by atoms with Gasteiger partial charge in [-0.05, 0) is 33.4 Å². The van der Waals surface area contributed by atoms with Gasteiger partial charge in [0.1, 0.15) is 48.8 Å². The standard InChI is InChI=1S/C28H31O5.C28H32O5.C27H30O6.CH4.ClH.Hg.I3.I2.HI/c1-21-26(29)28(32-19-24-15-9-4-10-16-24)27(31-18-23-13-7-3-8-14-23)25(33-21)20-30-17-22-11-5-2-6-12-22;1-2-25(29)27(32-19-23-14-8-4-9-15-23)28(33-20-24-16-10-5-11-17-24)26(30)21-31-18-22-12-6-3-7-13-22;28-24-26(32-18-22-14-8-3-9-15-22)25(31-17-21-12-6-2-7-13-21)23(33-27(24)29)19-30-16-20-10-4-1-5-11-20;;;;1-3-2;1-2;/h2-16,21,25-29H,1,17-20H2;2-17,25-30H,1,18-21H2;1-15,23-29H,16-19H2;1H4;1H;;;;1H/q;;;;;+1;-1;;/p-1/t21-,25?,26?,27-,28+;25?,26?,27-,28+;23?,24?,25-,26+,27?;;;;;;/m101....../s1. The van der Waals surface area contributed by atoms with Crippen molar-refractivity contribution < 1.29 is 114 Å². The summed E-state index contributed by atoms with van der Waals surface area (Å²) in [7, 11) is 6.26. The fraction of sp³-hybridized carbons (Fsp3) is 0.333. The van der Waals surface area contributed by atoms with Gasteiger partial charge in [0.05, 0.1) is 52.9 Å². The van der Waals surface area contributed by atoms with Crippen molar-refractivity contribution in [1.82, 2.24) is 0 Å². The molecule has 2 heterocycles. The van der Waals surface area contributed by atoms with Gasteiger partial charge in [0.15, 0.2) is 6.29 Å². The molecule has 14 atom stereocenters. The third kappa shape index (κ3) is 35.8. The number of halogens is 7. The summed E-state index contributed by atoms with van der Waals surface area (Å²) in [4.78, 5) is 0. The monoisotopic (exact) mass is 2360 g/mol. The molecular weight excluding hydrogens is 2260 g/mol. The van der Waals surface area contributed by atoms with E-state index in [1.807, 2.05) is 273 Å². The Morgan fingerprint density at radius 1 is 0.398 bits per heavy atom. The van der Waals surface area contributed by atoms with Gasteiger partial charge in [0, 0.05) is 37.2 Å². The molecule has 0 bridgehead atoms. The molecule has 0 saturated carbocycles. The van der Waals surface area contributed by atoms with Crippen LogP contribution in [0.1, 0.15) is 57.5 Å². The van der Waals surface area contributed by atoms with Crippen LogP contribution in [0.4, 0.5) is 0 Å². The summed E-state index contributed by atoms with van der Waals surface area (Å²) in [5.74, 6) is 0. The van der Waals surface area contributed by atoms with Crippen molar-refractivity contribution in [1.29, 1.82) is 0 Å². The Balaban J connectivity index is 0.000000279. The van der Waals surface area contributed by atoms with Crippen molar-refractivity contribution in [3.05, 3.63) is 336 Å². The molecule has 24 heteroatoms. The Labute approximate surface area is 723 Å². The van der Waals surface area contributed by atoms with Crippen LogP contribution in [0.15, 0.2) is 286 Å². The minimum absolute atomic E-state index is 0. The van der Waals surface area contributed by atoms with E-state index in [0.29, 0.717) is 59.5 Å². The van der Waals surface area contributed by atoms with Crippen molar-refractivity contribution in [2.24, 2.45) is 0 Å². The molecule has 0 spiro atoms. The predicted molar refractivity (Wildman–Crippen MR) is 461 cm³/mol. The molecule has 2 aliphatic heterocycles. The molecule has 7 unspecified atom stereocenters. The SMILES string of the molecule is C.C=CC(O)[C@H](OCc1ccccc1)[C@H](OCc1ccccc1)C(O)COCc1ccccc1.I.II.I[I-]I.OC1OC(COCc2ccccc2)[C@@H](OCc2ccccc2)[C@@H](OCc2ccccc2)C1O.OC1[C@@H]([CH2][Hg][Cl])OC(COCc2ccccc2)[C@@H](OCc2ccccc2)[C@H]1OCc1ccccc1. The summed E-state index contributed by atoms with van der Waals surface area (Å²) in [5, 5.41) is 53.9. The number of ether oxygens (including phenoxy) is 11. The first-order valence-corrected chi connectivity index (χ1v) is 64.2. The van der Waals surface area contributed by atoms with Crippen LogP contribution in [0, 0.1) is 0 Å². The summed E-state index contributed by atoms with van der Waals surface area (Å²) in [6.45, 7) is 7.38. The van der Waals surface area contributed by atoms with Crippen LogP contribution < -0.4 is 13.3 Å². The molecule has 9 aromatic rings. The van der Waals surface area contributed by atoms with E-state index in [1.54, 1.807) is 0 Å². The molecule has 9 aromatic carbocycles. The third-order valence-corrected chi connectivity index (χ3v) is 21.9. The van der Waals surface area contributed by atoms with E-state index >= 15 is 0 Å². The molecule has 16 nitrogen and oxygen atoms in total. The Morgan fingerprint density at radius 2 is 0.667 bits per heavy atom. The first kappa shape index (κ1) is 96.3. The second-order valence-electron chi connectivity index (χ2n) is 24.7. The predicted octanol–water partition coefficient (Wildman–Crippen LogP) is 14.7. The summed E-state index contributed by atoms with van der Waals surface area (Å²) < 4.78 is 67.6. The third-order valence-electron chi connectivity index (χ3n) is 17.0. The van der Waals surface area contributed by atoms with Crippen LogP contribution >= 0.6 is 107 Å². The average Bonchev–Trinajstić information content (AvgIpc) is 0.800. The van der Waals surface area contributed by atoms with Gasteiger partial charge in [-0.2, -0.15) is 0 Å². The zero-order chi connectivity index (χ0) is 75.2. The summed E-state index contributed by atoms with van der Waals surface area (Å²) in [6.07, 6.45) is -9.62. The van der Waals surface area contributed by atoms with Gasteiger partial charge < -0.3 is 53.6 Å². The van der Waals surface area contributed by atoms with Gasteiger partial charge in [-0.15, -0.1) is 30.6 Å². The summed E-state index contributed by atoms with van der Waals surface area (Å²) in [5.41, 5.74) is 9.09. The maximum absolute atomic E-state index is 11.2. The Morgan fingerprint density at radius 3 is 0.981 bits per heavy atom. The van der Waals surface area contributed by atoms with Gasteiger partial charge in [0.25, 0.3) is 0 Å². The quantitative estimate of drug-likeness (QED) is 0.0141. The molecule has 5 N–H and O–H groups in total. The second kappa shape index (κ2) is 58.5. The fourth-order valence-corrected chi connectivity index (χ4v) is 16.1. The Hall–Kier alpha value is -2.31. The van der Waals surface area contributed by atoms with Crippen LogP contribution in [0.25, 0.3) is 0 Å². The van der Waals surface area contributed by atoms with E-state index in [0.717, 1.165) is 54.0 Å². The average molecular weight is 2360 g/mol. The van der Waals surface area contributed by atoms with E-state index in [1.165, 1.54) is 6.08 Å². The van der Waals surface area contributed by atoms with Gasteiger partial charge in [-0.3, -0.25) is 0 Å². The maximum atomic E-state index is 11.2. The molecule has 2 saturated heterocycles. The Bertz CT molecular complexity index is 3640. The molecule has 0 radical (unpaired) electrons. The molecule has 0 amide bonds. The van der Waals surface area contributed by atoms with E-state index in [-0.39, 0.29) is 76.6 Å². The number of rotatable bonds is 36. The van der Waals surface area contributed by atoms with Crippen LogP contribution in [0.3, 0.4) is 0 Å². The van der Waals surface area contributed by atoms with Crippen molar-refractivity contribution >= 4 is 107 Å². The van der Waals surface area contributed by atoms with Crippen LogP contribution in [-0.4, -0.2) is 131 Å². The minimum atomic E-state index is -1.59. The molecule has 582 valence electrons. The molecule has 108 heavy (non-hydrogen) atoms. The molecular formula is C84H98ClHgI6O16-. The van der Waals surface area contributed by atoms with E-state index in [9.17, 15) is 25.5 Å². The van der Waals surface area contributed by atoms with Crippen LogP contribution in [0.5, 0.6) is 0 Å². The summed E-state index contributed by atoms with van der Waals surface area (Å²) in [6, 6.07) is 88.3. The first-order chi connectivity index (χ1) is 52.0. The molecule has 0 aliphatic carbocycles. The fourth-order valence-electron chi connectivity index (χ4n) is 11.6. The molecule has 11 rings (SSSR count). The first-order valence-electron chi connectivity index (χ1n) is 34.7. The van der Waals surface area contributed by atoms with E-state index in [2.05, 4.69) is 81.0 Å². The Kier molecular flexibility index (Phi) is 52.2. The molecule has 0 aromatic heterocycles. The van der Waals surface area contributed by atoms with Crippen LogP contribution in [-0.2, 0) is 135 Å². The number of hydrogen-bond donors (Lipinski definition) is 5. The van der Waals surface area contributed by atoms with Crippen molar-refractivity contribution in [3.63, 3.8) is 0 Å². The second-order valence-corrected chi connectivity index (χ2v) is 47.9. The molecule has 2 aliphatic rings. The van der Waals surface area contributed by atoms with Gasteiger partial charge in [-0.1, -0.05) is 195 Å².